The number of hydrogen-bond acceptors (Lipinski definition) is 2. The maximum Gasteiger partial charge on any atom is 0.162 e. The molecule has 20 heavy (non-hydrogen) atoms. The molecule has 1 aromatic carbocycles. The van der Waals surface area contributed by atoms with E-state index < -0.39 is 0 Å². The normalized spacial score (nSPS) is 11.2. The maximum absolute atomic E-state index is 6.21. The fourth-order valence-corrected chi connectivity index (χ4v) is 2.63. The van der Waals surface area contributed by atoms with Gasteiger partial charge in [-0.15, -0.1) is 0 Å². The fraction of sp³-hybridized carbons (Fsp3) is 0.143. The molecular weight excluding hydrogens is 317 g/mol. The Morgan fingerprint density at radius 1 is 1.05 bits per heavy atom. The molecule has 3 nitrogen and oxygen atoms in total. The Hall–Kier alpha value is -1.29. The van der Waals surface area contributed by atoms with Crippen molar-refractivity contribution in [1.29, 1.82) is 0 Å². The zero-order valence-electron chi connectivity index (χ0n) is 10.6. The Labute approximate surface area is 131 Å². The lowest BCUT2D eigenvalue weighted by atomic mass is 10.2. The monoisotopic (exact) mass is 325 g/mol. The molecule has 0 radical (unpaired) electrons. The molecule has 0 N–H and O–H groups in total. The van der Waals surface area contributed by atoms with Gasteiger partial charge in [0.1, 0.15) is 16.5 Å². The van der Waals surface area contributed by atoms with E-state index in [1.807, 2.05) is 23.6 Å². The Bertz CT molecular complexity index is 796. The predicted octanol–water partition coefficient (Wildman–Crippen LogP) is 4.75. The third-order valence-corrected chi connectivity index (χ3v) is 3.90. The number of aromatic nitrogens is 3. The number of hydrogen-bond donors (Lipinski definition) is 0. The van der Waals surface area contributed by atoms with E-state index in [9.17, 15) is 0 Å². The average molecular weight is 327 g/mol. The summed E-state index contributed by atoms with van der Waals surface area (Å²) in [6, 6.07) is 8.98. The first-order chi connectivity index (χ1) is 9.54. The number of rotatable bonds is 2. The highest BCUT2D eigenvalue weighted by molar-refractivity contribution is 6.33. The highest BCUT2D eigenvalue weighted by atomic mass is 35.5. The van der Waals surface area contributed by atoms with E-state index in [2.05, 4.69) is 9.97 Å². The molecule has 2 heterocycles. The van der Waals surface area contributed by atoms with Gasteiger partial charge in [0.05, 0.1) is 6.54 Å². The van der Waals surface area contributed by atoms with Gasteiger partial charge in [0.25, 0.3) is 0 Å². The molecule has 0 unspecified atom stereocenters. The summed E-state index contributed by atoms with van der Waals surface area (Å²) in [4.78, 5) is 8.80. The topological polar surface area (TPSA) is 30.7 Å². The van der Waals surface area contributed by atoms with Crippen molar-refractivity contribution in [2.45, 2.75) is 13.5 Å². The van der Waals surface area contributed by atoms with Crippen LogP contribution in [0.5, 0.6) is 0 Å². The van der Waals surface area contributed by atoms with Crippen molar-refractivity contribution in [2.24, 2.45) is 0 Å². The summed E-state index contributed by atoms with van der Waals surface area (Å²) in [5, 5.41) is 1.76. The maximum atomic E-state index is 6.21. The van der Waals surface area contributed by atoms with Crippen molar-refractivity contribution in [1.82, 2.24) is 14.5 Å². The summed E-state index contributed by atoms with van der Waals surface area (Å²) in [7, 11) is 0. The standard InChI is InChI=1S/C14H10Cl3N3/c1-8-18-12-4-5-13(17)19-14(12)20(8)7-9-6-10(15)2-3-11(9)16/h2-6H,7H2,1H3. The number of aryl methyl sites for hydroxylation is 1. The second-order valence-electron chi connectivity index (χ2n) is 4.46. The zero-order valence-corrected chi connectivity index (χ0v) is 12.8. The minimum absolute atomic E-state index is 0.441. The molecule has 0 saturated carbocycles. The van der Waals surface area contributed by atoms with E-state index in [0.717, 1.165) is 22.6 Å². The highest BCUT2D eigenvalue weighted by Crippen LogP contribution is 2.24. The molecule has 0 atom stereocenters. The van der Waals surface area contributed by atoms with Crippen LogP contribution in [0.4, 0.5) is 0 Å². The van der Waals surface area contributed by atoms with Crippen LogP contribution in [-0.4, -0.2) is 14.5 Å². The summed E-state index contributed by atoms with van der Waals surface area (Å²) < 4.78 is 1.97. The van der Waals surface area contributed by atoms with Gasteiger partial charge in [-0.3, -0.25) is 0 Å². The summed E-state index contributed by atoms with van der Waals surface area (Å²) >= 11 is 18.2. The van der Waals surface area contributed by atoms with E-state index in [-0.39, 0.29) is 0 Å². The van der Waals surface area contributed by atoms with Gasteiger partial charge in [0.15, 0.2) is 5.65 Å². The number of pyridine rings is 1. The quantitative estimate of drug-likeness (QED) is 0.636. The largest absolute Gasteiger partial charge is 0.308 e. The van der Waals surface area contributed by atoms with Crippen LogP contribution in [0.3, 0.4) is 0 Å². The van der Waals surface area contributed by atoms with E-state index in [4.69, 9.17) is 34.8 Å². The number of halogens is 3. The van der Waals surface area contributed by atoms with Crippen LogP contribution in [0.15, 0.2) is 30.3 Å². The van der Waals surface area contributed by atoms with Gasteiger partial charge >= 0.3 is 0 Å². The lowest BCUT2D eigenvalue weighted by molar-refractivity contribution is 0.778. The van der Waals surface area contributed by atoms with Crippen LogP contribution >= 0.6 is 34.8 Å². The number of nitrogens with zero attached hydrogens (tertiary/aromatic N) is 3. The Morgan fingerprint density at radius 3 is 2.65 bits per heavy atom. The molecule has 0 fully saturated rings. The molecule has 3 aromatic rings. The molecule has 2 aromatic heterocycles. The number of benzene rings is 1. The smallest absolute Gasteiger partial charge is 0.162 e. The minimum atomic E-state index is 0.441. The summed E-state index contributed by atoms with van der Waals surface area (Å²) in [6.45, 7) is 2.48. The molecule has 0 aliphatic heterocycles. The minimum Gasteiger partial charge on any atom is -0.308 e. The molecule has 0 aliphatic carbocycles. The van der Waals surface area contributed by atoms with Crippen molar-refractivity contribution in [2.75, 3.05) is 0 Å². The van der Waals surface area contributed by atoms with Crippen LogP contribution in [0, 0.1) is 6.92 Å². The van der Waals surface area contributed by atoms with Gasteiger partial charge in [-0.2, -0.15) is 0 Å². The van der Waals surface area contributed by atoms with Crippen molar-refractivity contribution < 1.29 is 0 Å². The molecule has 0 amide bonds. The molecule has 6 heteroatoms. The SMILES string of the molecule is Cc1nc2ccc(Cl)nc2n1Cc1cc(Cl)ccc1Cl. The van der Waals surface area contributed by atoms with Crippen LogP contribution in [0.2, 0.25) is 15.2 Å². The Balaban J connectivity index is 2.12. The lowest BCUT2D eigenvalue weighted by Gasteiger charge is -2.08. The van der Waals surface area contributed by atoms with Crippen LogP contribution in [-0.2, 0) is 6.54 Å². The van der Waals surface area contributed by atoms with Crippen LogP contribution < -0.4 is 0 Å². The second-order valence-corrected chi connectivity index (χ2v) is 5.69. The Morgan fingerprint density at radius 2 is 1.85 bits per heavy atom. The molecule has 0 spiro atoms. The van der Waals surface area contributed by atoms with Gasteiger partial charge in [-0.25, -0.2) is 9.97 Å². The highest BCUT2D eigenvalue weighted by Gasteiger charge is 2.11. The van der Waals surface area contributed by atoms with Crippen LogP contribution in [0.25, 0.3) is 11.2 Å². The van der Waals surface area contributed by atoms with Crippen molar-refractivity contribution in [3.63, 3.8) is 0 Å². The molecule has 3 rings (SSSR count). The third-order valence-electron chi connectivity index (χ3n) is 3.09. The van der Waals surface area contributed by atoms with Gasteiger partial charge in [0, 0.05) is 10.0 Å². The second kappa shape index (κ2) is 5.24. The lowest BCUT2D eigenvalue weighted by Crippen LogP contribution is -2.03. The van der Waals surface area contributed by atoms with Gasteiger partial charge < -0.3 is 4.57 Å². The molecule has 0 saturated heterocycles. The number of imidazole rings is 1. The van der Waals surface area contributed by atoms with Crippen molar-refractivity contribution in [3.05, 3.63) is 56.9 Å². The first kappa shape index (κ1) is 13.7. The third kappa shape index (κ3) is 2.49. The van der Waals surface area contributed by atoms with Crippen molar-refractivity contribution in [3.8, 4) is 0 Å². The fourth-order valence-electron chi connectivity index (χ4n) is 2.12. The van der Waals surface area contributed by atoms with Crippen molar-refractivity contribution >= 4 is 46.0 Å². The predicted molar refractivity (Wildman–Crippen MR) is 82.8 cm³/mol. The molecular formula is C14H10Cl3N3. The Kier molecular flexibility index (Phi) is 3.59. The number of fused-ring (bicyclic) bond motifs is 1. The van der Waals surface area contributed by atoms with Crippen LogP contribution in [0.1, 0.15) is 11.4 Å². The first-order valence-corrected chi connectivity index (χ1v) is 7.11. The zero-order chi connectivity index (χ0) is 14.3. The first-order valence-electron chi connectivity index (χ1n) is 5.98. The summed E-state index contributed by atoms with van der Waals surface area (Å²) in [5.74, 6) is 0.853. The van der Waals surface area contributed by atoms with E-state index in [1.165, 1.54) is 0 Å². The van der Waals surface area contributed by atoms with Gasteiger partial charge in [-0.1, -0.05) is 34.8 Å². The molecule has 0 aliphatic rings. The summed E-state index contributed by atoms with van der Waals surface area (Å²) in [6.07, 6.45) is 0. The van der Waals surface area contributed by atoms with Gasteiger partial charge in [-0.05, 0) is 42.8 Å². The van der Waals surface area contributed by atoms with E-state index in [1.54, 1.807) is 18.2 Å². The van der Waals surface area contributed by atoms with E-state index >= 15 is 0 Å². The van der Waals surface area contributed by atoms with Gasteiger partial charge in [0.2, 0.25) is 0 Å². The molecule has 0 bridgehead atoms. The van der Waals surface area contributed by atoms with E-state index in [0.29, 0.717) is 21.7 Å². The molecule has 102 valence electrons. The average Bonchev–Trinajstić information content (AvgIpc) is 2.70. The summed E-state index contributed by atoms with van der Waals surface area (Å²) in [5.41, 5.74) is 2.47.